The first-order chi connectivity index (χ1) is 11.6. The number of nitrogens with zero attached hydrogens (tertiary/aromatic N) is 3. The molecule has 24 heavy (non-hydrogen) atoms. The average molecular weight is 339 g/mol. The molecule has 0 radical (unpaired) electrons. The van der Waals surface area contributed by atoms with Crippen LogP contribution in [0.1, 0.15) is 29.7 Å². The van der Waals surface area contributed by atoms with Crippen LogP contribution in [0.25, 0.3) is 11.2 Å². The van der Waals surface area contributed by atoms with Crippen molar-refractivity contribution in [2.24, 2.45) is 0 Å². The van der Waals surface area contributed by atoms with E-state index in [1.807, 2.05) is 0 Å². The molecule has 1 aliphatic rings. The van der Waals surface area contributed by atoms with Crippen molar-refractivity contribution in [1.29, 1.82) is 0 Å². The molecule has 0 spiro atoms. The van der Waals surface area contributed by atoms with Crippen LogP contribution in [0.15, 0.2) is 48.8 Å². The molecular formula is C19H19ClN4. The maximum Gasteiger partial charge on any atom is 0.155 e. The van der Waals surface area contributed by atoms with Gasteiger partial charge in [-0.05, 0) is 30.5 Å². The molecule has 0 amide bonds. The molecule has 3 heterocycles. The molecule has 1 aliphatic heterocycles. The number of nitrogens with one attached hydrogen (secondary N) is 1. The molecule has 1 aromatic carbocycles. The fourth-order valence-corrected chi connectivity index (χ4v) is 3.62. The maximum absolute atomic E-state index is 6.04. The molecule has 0 aliphatic carbocycles. The van der Waals surface area contributed by atoms with Gasteiger partial charge in [-0.2, -0.15) is 5.10 Å². The predicted molar refractivity (Wildman–Crippen MR) is 97.4 cm³/mol. The molecule has 2 atom stereocenters. The van der Waals surface area contributed by atoms with Gasteiger partial charge in [0.1, 0.15) is 0 Å². The Morgan fingerprint density at radius 3 is 2.96 bits per heavy atom. The molecule has 4 rings (SSSR count). The Bertz CT molecular complexity index is 928. The van der Waals surface area contributed by atoms with Crippen molar-refractivity contribution < 1.29 is 0 Å². The van der Waals surface area contributed by atoms with E-state index in [1.165, 1.54) is 16.7 Å². The van der Waals surface area contributed by atoms with Crippen LogP contribution in [0.5, 0.6) is 0 Å². The van der Waals surface area contributed by atoms with Crippen LogP contribution in [-0.4, -0.2) is 27.2 Å². The summed E-state index contributed by atoms with van der Waals surface area (Å²) in [7, 11) is 0. The lowest BCUT2D eigenvalue weighted by Gasteiger charge is -2.31. The standard InChI is InChI=1S/C19H19ClN4/c1-12-5-3-4-6-15(12)16-7-8-21-13(2)19(16)17-9-18-22-10-14(20)11-24(18)23-17/h3-7,9-11,13,19,21H,8H2,1-2H3. The van der Waals surface area contributed by atoms with Crippen molar-refractivity contribution in [2.45, 2.75) is 25.8 Å². The normalized spacial score (nSPS) is 21.0. The second-order valence-electron chi connectivity index (χ2n) is 6.29. The molecule has 1 N–H and O–H groups in total. The number of hydrogen-bond acceptors (Lipinski definition) is 3. The molecule has 0 fully saturated rings. The lowest BCUT2D eigenvalue weighted by atomic mass is 9.81. The van der Waals surface area contributed by atoms with Crippen molar-refractivity contribution in [1.82, 2.24) is 19.9 Å². The summed E-state index contributed by atoms with van der Waals surface area (Å²) in [4.78, 5) is 4.37. The maximum atomic E-state index is 6.04. The average Bonchev–Trinajstić information content (AvgIpc) is 2.97. The largest absolute Gasteiger partial charge is 0.310 e. The summed E-state index contributed by atoms with van der Waals surface area (Å²) < 4.78 is 1.76. The predicted octanol–water partition coefficient (Wildman–Crippen LogP) is 3.85. The van der Waals surface area contributed by atoms with E-state index >= 15 is 0 Å². The van der Waals surface area contributed by atoms with Crippen LogP contribution >= 0.6 is 11.6 Å². The molecular weight excluding hydrogens is 320 g/mol. The Morgan fingerprint density at radius 2 is 2.12 bits per heavy atom. The van der Waals surface area contributed by atoms with Gasteiger partial charge in [-0.15, -0.1) is 0 Å². The van der Waals surface area contributed by atoms with Gasteiger partial charge < -0.3 is 5.32 Å². The molecule has 0 saturated heterocycles. The van der Waals surface area contributed by atoms with E-state index in [0.717, 1.165) is 17.9 Å². The monoisotopic (exact) mass is 338 g/mol. The summed E-state index contributed by atoms with van der Waals surface area (Å²) in [6.45, 7) is 5.24. The highest BCUT2D eigenvalue weighted by atomic mass is 35.5. The quantitative estimate of drug-likeness (QED) is 0.771. The molecule has 5 heteroatoms. The second-order valence-corrected chi connectivity index (χ2v) is 6.73. The van der Waals surface area contributed by atoms with Crippen LogP contribution in [0.4, 0.5) is 0 Å². The van der Waals surface area contributed by atoms with Crippen LogP contribution in [-0.2, 0) is 0 Å². The highest BCUT2D eigenvalue weighted by Gasteiger charge is 2.30. The number of rotatable bonds is 2. The number of aromatic nitrogens is 3. The Balaban J connectivity index is 1.84. The smallest absolute Gasteiger partial charge is 0.155 e. The lowest BCUT2D eigenvalue weighted by Crippen LogP contribution is -2.37. The third-order valence-corrected chi connectivity index (χ3v) is 4.87. The number of halogens is 1. The van der Waals surface area contributed by atoms with Crippen molar-refractivity contribution in [3.05, 3.63) is 70.6 Å². The third kappa shape index (κ3) is 2.62. The first-order valence-electron chi connectivity index (χ1n) is 8.14. The van der Waals surface area contributed by atoms with Crippen molar-refractivity contribution in [3.63, 3.8) is 0 Å². The van der Waals surface area contributed by atoms with Crippen molar-refractivity contribution in [3.8, 4) is 0 Å². The van der Waals surface area contributed by atoms with Gasteiger partial charge in [-0.1, -0.05) is 41.9 Å². The first kappa shape index (κ1) is 15.4. The third-order valence-electron chi connectivity index (χ3n) is 4.67. The molecule has 0 bridgehead atoms. The van der Waals surface area contributed by atoms with E-state index in [0.29, 0.717) is 11.1 Å². The molecule has 122 valence electrons. The highest BCUT2D eigenvalue weighted by Crippen LogP contribution is 2.37. The lowest BCUT2D eigenvalue weighted by molar-refractivity contribution is 0.517. The Morgan fingerprint density at radius 1 is 1.29 bits per heavy atom. The van der Waals surface area contributed by atoms with Gasteiger partial charge in [-0.3, -0.25) is 0 Å². The summed E-state index contributed by atoms with van der Waals surface area (Å²) in [5.41, 5.74) is 5.73. The fraction of sp³-hybridized carbons (Fsp3) is 0.263. The summed E-state index contributed by atoms with van der Waals surface area (Å²) in [5, 5.41) is 8.86. The minimum absolute atomic E-state index is 0.181. The van der Waals surface area contributed by atoms with Crippen LogP contribution in [0.2, 0.25) is 5.02 Å². The van der Waals surface area contributed by atoms with Gasteiger partial charge in [0, 0.05) is 30.8 Å². The number of benzene rings is 1. The van der Waals surface area contributed by atoms with Gasteiger partial charge >= 0.3 is 0 Å². The molecule has 2 unspecified atom stereocenters. The summed E-state index contributed by atoms with van der Waals surface area (Å²) >= 11 is 6.04. The Hall–Kier alpha value is -2.17. The van der Waals surface area contributed by atoms with E-state index in [-0.39, 0.29) is 5.92 Å². The SMILES string of the molecule is Cc1ccccc1C1=CCNC(C)C1c1cc2ncc(Cl)cn2n1. The minimum atomic E-state index is 0.181. The van der Waals surface area contributed by atoms with E-state index < -0.39 is 0 Å². The van der Waals surface area contributed by atoms with E-state index in [9.17, 15) is 0 Å². The van der Waals surface area contributed by atoms with Crippen LogP contribution in [0, 0.1) is 6.92 Å². The van der Waals surface area contributed by atoms with Gasteiger partial charge in [0.05, 0.1) is 16.9 Å². The molecule has 2 aromatic heterocycles. The fourth-order valence-electron chi connectivity index (χ4n) is 3.48. The second kappa shape index (κ2) is 6.04. The van der Waals surface area contributed by atoms with Gasteiger partial charge in [0.2, 0.25) is 0 Å². The zero-order valence-electron chi connectivity index (χ0n) is 13.7. The first-order valence-corrected chi connectivity index (χ1v) is 8.51. The molecule has 4 nitrogen and oxygen atoms in total. The van der Waals surface area contributed by atoms with E-state index in [2.05, 4.69) is 60.6 Å². The van der Waals surface area contributed by atoms with Gasteiger partial charge in [-0.25, -0.2) is 9.50 Å². The van der Waals surface area contributed by atoms with Crippen molar-refractivity contribution >= 4 is 22.8 Å². The van der Waals surface area contributed by atoms with E-state index in [4.69, 9.17) is 16.7 Å². The number of hydrogen-bond donors (Lipinski definition) is 1. The molecule has 3 aromatic rings. The van der Waals surface area contributed by atoms with Crippen LogP contribution in [0.3, 0.4) is 0 Å². The number of aryl methyl sites for hydroxylation is 1. The Labute approximate surface area is 146 Å². The van der Waals surface area contributed by atoms with E-state index in [1.54, 1.807) is 16.9 Å². The topological polar surface area (TPSA) is 42.2 Å². The summed E-state index contributed by atoms with van der Waals surface area (Å²) in [6.07, 6.45) is 5.73. The molecule has 0 saturated carbocycles. The van der Waals surface area contributed by atoms with Gasteiger partial charge in [0.25, 0.3) is 0 Å². The van der Waals surface area contributed by atoms with Crippen molar-refractivity contribution in [2.75, 3.05) is 6.54 Å². The minimum Gasteiger partial charge on any atom is -0.310 e. The Kier molecular flexibility index (Phi) is 3.87. The zero-order chi connectivity index (χ0) is 16.7. The summed E-state index contributed by atoms with van der Waals surface area (Å²) in [5.74, 6) is 0.181. The highest BCUT2D eigenvalue weighted by molar-refractivity contribution is 6.30. The van der Waals surface area contributed by atoms with Gasteiger partial charge in [0.15, 0.2) is 5.65 Å². The summed E-state index contributed by atoms with van der Waals surface area (Å²) in [6, 6.07) is 10.9. The number of fused-ring (bicyclic) bond motifs is 1. The zero-order valence-corrected chi connectivity index (χ0v) is 14.5. The van der Waals surface area contributed by atoms with Crippen LogP contribution < -0.4 is 5.32 Å².